The number of rotatable bonds is 11. The Morgan fingerprint density at radius 1 is 1.11 bits per heavy atom. The average molecular weight is 393 g/mol. The third kappa shape index (κ3) is 7.75. The van der Waals surface area contributed by atoms with Crippen molar-refractivity contribution in [1.29, 1.82) is 0 Å². The van der Waals surface area contributed by atoms with Gasteiger partial charge in [0, 0.05) is 12.8 Å². The van der Waals surface area contributed by atoms with Gasteiger partial charge in [0.1, 0.15) is 18.1 Å². The van der Waals surface area contributed by atoms with E-state index in [2.05, 4.69) is 10.6 Å². The summed E-state index contributed by atoms with van der Waals surface area (Å²) < 4.78 is 0. The predicted octanol–water partition coefficient (Wildman–Crippen LogP) is -0.0487. The van der Waals surface area contributed by atoms with E-state index in [1.54, 1.807) is 26.0 Å². The van der Waals surface area contributed by atoms with E-state index in [-0.39, 0.29) is 30.9 Å². The number of carboxylic acids is 1. The van der Waals surface area contributed by atoms with Crippen LogP contribution in [0.4, 0.5) is 0 Å². The van der Waals surface area contributed by atoms with Crippen LogP contribution in [0.2, 0.25) is 0 Å². The minimum Gasteiger partial charge on any atom is -0.508 e. The molecule has 0 aliphatic rings. The normalized spacial score (nSPS) is 14.0. The Morgan fingerprint density at radius 3 is 2.21 bits per heavy atom. The minimum absolute atomic E-state index is 0.0596. The van der Waals surface area contributed by atoms with E-state index < -0.39 is 35.9 Å². The van der Waals surface area contributed by atoms with Crippen LogP contribution in [0.5, 0.6) is 5.75 Å². The maximum Gasteiger partial charge on any atom is 0.303 e. The second-order valence-corrected chi connectivity index (χ2v) is 6.89. The van der Waals surface area contributed by atoms with Crippen molar-refractivity contribution in [2.24, 2.45) is 11.7 Å². The number of hydrogen-bond donors (Lipinski definition) is 5. The zero-order valence-electron chi connectivity index (χ0n) is 15.9. The maximum absolute atomic E-state index is 12.6. The van der Waals surface area contributed by atoms with E-state index >= 15 is 0 Å². The maximum atomic E-state index is 12.6. The van der Waals surface area contributed by atoms with E-state index in [0.29, 0.717) is 11.8 Å². The summed E-state index contributed by atoms with van der Waals surface area (Å²) >= 11 is 0. The number of phenols is 1. The molecule has 9 heteroatoms. The molecule has 0 aromatic heterocycles. The number of hydrogen-bond acceptors (Lipinski definition) is 6. The molecule has 1 aromatic carbocycles. The standard InChI is InChI=1S/C19H27N3O6/c1-11(2)17(20)19(28)22-15(9-12-3-6-14(24)7-4-12)18(27)21-13(10-23)5-8-16(25)26/h3-4,6-7,10-11,13,15,17,24H,5,8-9,20H2,1-2H3,(H,21,27)(H,22,28)(H,25,26)/t13-,15-,17-/m0/s1. The minimum atomic E-state index is -1.09. The van der Waals surface area contributed by atoms with E-state index in [0.717, 1.165) is 0 Å². The molecule has 154 valence electrons. The predicted molar refractivity (Wildman–Crippen MR) is 101 cm³/mol. The molecule has 3 atom stereocenters. The van der Waals surface area contributed by atoms with Gasteiger partial charge in [0.25, 0.3) is 0 Å². The van der Waals surface area contributed by atoms with Gasteiger partial charge in [-0.15, -0.1) is 0 Å². The lowest BCUT2D eigenvalue weighted by atomic mass is 10.0. The first-order valence-corrected chi connectivity index (χ1v) is 8.95. The second-order valence-electron chi connectivity index (χ2n) is 6.89. The average Bonchev–Trinajstić information content (AvgIpc) is 2.64. The van der Waals surface area contributed by atoms with Gasteiger partial charge >= 0.3 is 5.97 Å². The summed E-state index contributed by atoms with van der Waals surface area (Å²) in [5.74, 6) is -2.30. The SMILES string of the molecule is CC(C)[C@H](N)C(=O)N[C@@H](Cc1ccc(O)cc1)C(=O)N[C@H](C=O)CCC(=O)O. The molecular weight excluding hydrogens is 366 g/mol. The Kier molecular flexibility index (Phi) is 9.10. The number of carbonyl (C=O) groups is 4. The molecule has 2 amide bonds. The zero-order valence-corrected chi connectivity index (χ0v) is 15.9. The van der Waals surface area contributed by atoms with Gasteiger partial charge in [0.15, 0.2) is 0 Å². The van der Waals surface area contributed by atoms with Crippen molar-refractivity contribution in [3.8, 4) is 5.75 Å². The zero-order chi connectivity index (χ0) is 21.3. The molecule has 28 heavy (non-hydrogen) atoms. The Balaban J connectivity index is 2.92. The molecule has 1 aromatic rings. The summed E-state index contributed by atoms with van der Waals surface area (Å²) in [5.41, 5.74) is 6.50. The van der Waals surface area contributed by atoms with E-state index in [4.69, 9.17) is 10.8 Å². The Labute approximate surface area is 163 Å². The highest BCUT2D eigenvalue weighted by Gasteiger charge is 2.27. The molecule has 6 N–H and O–H groups in total. The third-order valence-electron chi connectivity index (χ3n) is 4.19. The molecule has 1 rings (SSSR count). The lowest BCUT2D eigenvalue weighted by Crippen LogP contribution is -2.55. The van der Waals surface area contributed by atoms with Gasteiger partial charge in [-0.25, -0.2) is 0 Å². The van der Waals surface area contributed by atoms with Gasteiger partial charge in [0.2, 0.25) is 11.8 Å². The summed E-state index contributed by atoms with van der Waals surface area (Å²) in [6.07, 6.45) is 0.222. The van der Waals surface area contributed by atoms with Crippen molar-refractivity contribution in [3.05, 3.63) is 29.8 Å². The number of phenolic OH excluding ortho intramolecular Hbond substituents is 1. The highest BCUT2D eigenvalue weighted by atomic mass is 16.4. The van der Waals surface area contributed by atoms with Gasteiger partial charge < -0.3 is 31.4 Å². The lowest BCUT2D eigenvalue weighted by molar-refractivity contribution is -0.137. The number of carboxylic acid groups (broad SMARTS) is 1. The lowest BCUT2D eigenvalue weighted by Gasteiger charge is -2.23. The number of amides is 2. The molecule has 0 unspecified atom stereocenters. The van der Waals surface area contributed by atoms with Crippen molar-refractivity contribution in [1.82, 2.24) is 10.6 Å². The Bertz CT molecular complexity index is 689. The third-order valence-corrected chi connectivity index (χ3v) is 4.19. The van der Waals surface area contributed by atoms with E-state index in [9.17, 15) is 24.3 Å². The smallest absolute Gasteiger partial charge is 0.303 e. The molecule has 9 nitrogen and oxygen atoms in total. The molecule has 0 spiro atoms. The van der Waals surface area contributed by atoms with Gasteiger partial charge in [0.05, 0.1) is 12.1 Å². The van der Waals surface area contributed by atoms with Crippen molar-refractivity contribution < 1.29 is 29.4 Å². The van der Waals surface area contributed by atoms with Gasteiger partial charge in [-0.05, 0) is 30.0 Å². The van der Waals surface area contributed by atoms with Crippen LogP contribution in [-0.2, 0) is 25.6 Å². The first kappa shape index (κ1) is 23.1. The first-order valence-electron chi connectivity index (χ1n) is 8.95. The molecule has 0 radical (unpaired) electrons. The number of aldehydes is 1. The molecule has 0 saturated heterocycles. The summed E-state index contributed by atoms with van der Waals surface area (Å²) in [7, 11) is 0. The monoisotopic (exact) mass is 393 g/mol. The Morgan fingerprint density at radius 2 is 1.71 bits per heavy atom. The number of aliphatic carboxylic acids is 1. The van der Waals surface area contributed by atoms with Crippen molar-refractivity contribution in [2.75, 3.05) is 0 Å². The van der Waals surface area contributed by atoms with Crippen LogP contribution in [-0.4, -0.2) is 52.4 Å². The molecule has 0 aliphatic heterocycles. The number of nitrogens with one attached hydrogen (secondary N) is 2. The van der Waals surface area contributed by atoms with E-state index in [1.807, 2.05) is 0 Å². The highest BCUT2D eigenvalue weighted by molar-refractivity contribution is 5.91. The van der Waals surface area contributed by atoms with Gasteiger partial charge in [-0.3, -0.25) is 14.4 Å². The summed E-state index contributed by atoms with van der Waals surface area (Å²) in [6.45, 7) is 3.54. The fraction of sp³-hybridized carbons (Fsp3) is 0.474. The summed E-state index contributed by atoms with van der Waals surface area (Å²) in [6, 6.07) is 3.29. The van der Waals surface area contributed by atoms with Crippen molar-refractivity contribution >= 4 is 24.1 Å². The van der Waals surface area contributed by atoms with Crippen LogP contribution in [0, 0.1) is 5.92 Å². The quantitative estimate of drug-likeness (QED) is 0.330. The molecule has 0 fully saturated rings. The summed E-state index contributed by atoms with van der Waals surface area (Å²) in [4.78, 5) is 46.8. The number of nitrogens with two attached hydrogens (primary N) is 1. The van der Waals surface area contributed by atoms with Crippen LogP contribution in [0.15, 0.2) is 24.3 Å². The number of benzene rings is 1. The molecule has 0 heterocycles. The molecule has 0 bridgehead atoms. The topological polar surface area (TPSA) is 159 Å². The van der Waals surface area contributed by atoms with Crippen LogP contribution in [0.25, 0.3) is 0 Å². The van der Waals surface area contributed by atoms with Crippen molar-refractivity contribution in [2.45, 2.75) is 51.2 Å². The van der Waals surface area contributed by atoms with E-state index in [1.165, 1.54) is 12.1 Å². The van der Waals surface area contributed by atoms with Crippen LogP contribution in [0.1, 0.15) is 32.3 Å². The van der Waals surface area contributed by atoms with Crippen LogP contribution < -0.4 is 16.4 Å². The van der Waals surface area contributed by atoms with Gasteiger partial charge in [-0.2, -0.15) is 0 Å². The number of carbonyl (C=O) groups excluding carboxylic acids is 3. The molecule has 0 aliphatic carbocycles. The number of aromatic hydroxyl groups is 1. The van der Waals surface area contributed by atoms with Gasteiger partial charge in [-0.1, -0.05) is 26.0 Å². The molecule has 0 saturated carbocycles. The summed E-state index contributed by atoms with van der Waals surface area (Å²) in [5, 5.41) is 23.1. The highest BCUT2D eigenvalue weighted by Crippen LogP contribution is 2.12. The fourth-order valence-electron chi connectivity index (χ4n) is 2.38. The largest absolute Gasteiger partial charge is 0.508 e. The molecular formula is C19H27N3O6. The van der Waals surface area contributed by atoms with Crippen molar-refractivity contribution in [3.63, 3.8) is 0 Å². The Hall–Kier alpha value is -2.94. The first-order chi connectivity index (χ1) is 13.1. The second kappa shape index (κ2) is 11.0. The van der Waals surface area contributed by atoms with Crippen LogP contribution in [0.3, 0.4) is 0 Å². The van der Waals surface area contributed by atoms with Crippen LogP contribution >= 0.6 is 0 Å². The fourth-order valence-corrected chi connectivity index (χ4v) is 2.38.